The van der Waals surface area contributed by atoms with Crippen LogP contribution in [-0.4, -0.2) is 52.8 Å². The minimum atomic E-state index is -0.129. The average Bonchev–Trinajstić information content (AvgIpc) is 3.44. The third-order valence-corrected chi connectivity index (χ3v) is 7.15. The van der Waals surface area contributed by atoms with Gasteiger partial charge in [-0.3, -0.25) is 14.6 Å². The number of amides is 1. The third-order valence-electron chi connectivity index (χ3n) is 6.20. The quantitative estimate of drug-likeness (QED) is 0.658. The van der Waals surface area contributed by atoms with Crippen molar-refractivity contribution in [3.05, 3.63) is 71.3 Å². The second kappa shape index (κ2) is 8.71. The molecule has 0 N–H and O–H groups in total. The van der Waals surface area contributed by atoms with E-state index in [4.69, 9.17) is 0 Å². The smallest absolute Gasteiger partial charge is 0.228 e. The monoisotopic (exact) mass is 431 g/mol. The highest BCUT2D eigenvalue weighted by Crippen LogP contribution is 2.32. The second-order valence-corrected chi connectivity index (χ2v) is 9.04. The van der Waals surface area contributed by atoms with Crippen LogP contribution in [0.3, 0.4) is 0 Å². The molecule has 3 aliphatic rings. The molecule has 1 atom stereocenters. The van der Waals surface area contributed by atoms with E-state index in [0.717, 1.165) is 60.0 Å². The number of benzene rings is 2. The molecule has 5 nitrogen and oxygen atoms in total. The van der Waals surface area contributed by atoms with Gasteiger partial charge in [-0.25, -0.2) is 0 Å². The summed E-state index contributed by atoms with van der Waals surface area (Å²) in [4.78, 5) is 34.5. The van der Waals surface area contributed by atoms with Gasteiger partial charge in [-0.15, -0.1) is 0 Å². The van der Waals surface area contributed by atoms with Gasteiger partial charge in [-0.2, -0.15) is 0 Å². The molecular formula is C25H25N3O2S. The summed E-state index contributed by atoms with van der Waals surface area (Å²) in [5.41, 5.74) is 4.01. The number of Topliss-reactive ketones (excluding diaryl/α,β-unsaturated/α-hetero) is 1. The van der Waals surface area contributed by atoms with Gasteiger partial charge in [0.25, 0.3) is 0 Å². The van der Waals surface area contributed by atoms with E-state index < -0.39 is 0 Å². The number of thioether (sulfide) groups is 1. The number of ketones is 1. The lowest BCUT2D eigenvalue weighted by molar-refractivity contribution is -0.132. The second-order valence-electron chi connectivity index (χ2n) is 8.21. The fourth-order valence-electron chi connectivity index (χ4n) is 4.49. The maximum Gasteiger partial charge on any atom is 0.228 e. The molecule has 0 saturated carbocycles. The summed E-state index contributed by atoms with van der Waals surface area (Å²) in [6, 6.07) is 18.0. The molecule has 0 bridgehead atoms. The van der Waals surface area contributed by atoms with Crippen LogP contribution in [0.1, 0.15) is 29.6 Å². The molecule has 0 unspecified atom stereocenters. The summed E-state index contributed by atoms with van der Waals surface area (Å²) >= 11 is 1.60. The van der Waals surface area contributed by atoms with Crippen LogP contribution in [0.5, 0.6) is 0 Å². The number of rotatable bonds is 5. The maximum atomic E-state index is 13.1. The molecule has 5 rings (SSSR count). The zero-order valence-electron chi connectivity index (χ0n) is 17.4. The van der Waals surface area contributed by atoms with E-state index in [2.05, 4.69) is 22.0 Å². The first-order valence-electron chi connectivity index (χ1n) is 10.8. The lowest BCUT2D eigenvalue weighted by atomic mass is 9.89. The van der Waals surface area contributed by atoms with Gasteiger partial charge in [0.05, 0.1) is 13.0 Å². The topological polar surface area (TPSA) is 53.0 Å². The minimum Gasteiger partial charge on any atom is -0.342 e. The molecule has 6 heteroatoms. The summed E-state index contributed by atoms with van der Waals surface area (Å²) in [6.07, 6.45) is 2.09. The van der Waals surface area contributed by atoms with Crippen molar-refractivity contribution in [2.45, 2.75) is 19.3 Å². The Morgan fingerprint density at radius 2 is 1.77 bits per heavy atom. The van der Waals surface area contributed by atoms with E-state index in [1.54, 1.807) is 11.8 Å². The van der Waals surface area contributed by atoms with E-state index in [9.17, 15) is 9.59 Å². The molecule has 0 aromatic heterocycles. The summed E-state index contributed by atoms with van der Waals surface area (Å²) in [7, 11) is 0. The van der Waals surface area contributed by atoms with Gasteiger partial charge in [-0.1, -0.05) is 66.4 Å². The first kappa shape index (κ1) is 20.1. The highest BCUT2D eigenvalue weighted by atomic mass is 32.2. The number of nitrogens with zero attached hydrogens (tertiary/aromatic N) is 3. The van der Waals surface area contributed by atoms with Crippen molar-refractivity contribution >= 4 is 28.6 Å². The van der Waals surface area contributed by atoms with Gasteiger partial charge < -0.3 is 9.80 Å². The van der Waals surface area contributed by atoms with Crippen molar-refractivity contribution in [1.29, 1.82) is 0 Å². The number of hydrogen-bond donors (Lipinski definition) is 0. The number of amidine groups is 1. The van der Waals surface area contributed by atoms with Crippen molar-refractivity contribution in [2.24, 2.45) is 10.9 Å². The molecule has 158 valence electrons. The molecule has 1 fully saturated rings. The Morgan fingerprint density at radius 1 is 1.00 bits per heavy atom. The minimum absolute atomic E-state index is 0.108. The molecular weight excluding hydrogens is 406 g/mol. The van der Waals surface area contributed by atoms with Crippen LogP contribution in [0.15, 0.2) is 70.7 Å². The van der Waals surface area contributed by atoms with Gasteiger partial charge in [0.1, 0.15) is 0 Å². The molecule has 2 aromatic carbocycles. The van der Waals surface area contributed by atoms with Crippen LogP contribution in [0.25, 0.3) is 11.1 Å². The molecule has 0 radical (unpaired) electrons. The van der Waals surface area contributed by atoms with Crippen LogP contribution in [0, 0.1) is 5.92 Å². The Bertz CT molecular complexity index is 1050. The van der Waals surface area contributed by atoms with Crippen LogP contribution in [0.2, 0.25) is 0 Å². The van der Waals surface area contributed by atoms with Crippen molar-refractivity contribution in [2.75, 3.05) is 26.2 Å². The molecule has 3 heterocycles. The number of piperidine rings is 1. The third kappa shape index (κ3) is 4.17. The molecule has 2 aromatic rings. The molecule has 1 saturated heterocycles. The Kier molecular flexibility index (Phi) is 5.64. The number of hydrogen-bond acceptors (Lipinski definition) is 5. The number of carbonyl (C=O) groups is 2. The van der Waals surface area contributed by atoms with Crippen molar-refractivity contribution in [3.63, 3.8) is 0 Å². The van der Waals surface area contributed by atoms with E-state index in [1.807, 2.05) is 52.8 Å². The predicted octanol–water partition coefficient (Wildman–Crippen LogP) is 4.42. The Morgan fingerprint density at radius 3 is 2.58 bits per heavy atom. The van der Waals surface area contributed by atoms with Crippen LogP contribution < -0.4 is 0 Å². The van der Waals surface area contributed by atoms with Gasteiger partial charge in [0, 0.05) is 36.8 Å². The van der Waals surface area contributed by atoms with E-state index in [1.165, 1.54) is 0 Å². The lowest BCUT2D eigenvalue weighted by Crippen LogP contribution is -2.43. The first-order valence-corrected chi connectivity index (χ1v) is 11.7. The molecule has 1 amide bonds. The fourth-order valence-corrected chi connectivity index (χ4v) is 5.45. The van der Waals surface area contributed by atoms with Crippen LogP contribution in [-0.2, 0) is 4.79 Å². The predicted molar refractivity (Wildman–Crippen MR) is 125 cm³/mol. The molecule has 0 spiro atoms. The average molecular weight is 432 g/mol. The van der Waals surface area contributed by atoms with Gasteiger partial charge in [0.15, 0.2) is 11.0 Å². The highest BCUT2D eigenvalue weighted by molar-refractivity contribution is 8.16. The lowest BCUT2D eigenvalue weighted by Gasteiger charge is -2.32. The first-order chi connectivity index (χ1) is 15.2. The SMILES string of the molecule is O=C(c1ccc(-c2ccccc2)cc1)[C@H]1CCCN(C(=O)CC2=CSC3=NCCN23)C1. The number of fused-ring (bicyclic) bond motifs is 1. The van der Waals surface area contributed by atoms with E-state index >= 15 is 0 Å². The zero-order chi connectivity index (χ0) is 21.2. The van der Waals surface area contributed by atoms with Gasteiger partial charge >= 0.3 is 0 Å². The van der Waals surface area contributed by atoms with Crippen molar-refractivity contribution in [1.82, 2.24) is 9.80 Å². The summed E-state index contributed by atoms with van der Waals surface area (Å²) in [6.45, 7) is 2.91. The summed E-state index contributed by atoms with van der Waals surface area (Å²) < 4.78 is 0. The normalized spacial score (nSPS) is 20.3. The Balaban J connectivity index is 1.22. The molecule has 31 heavy (non-hydrogen) atoms. The number of aliphatic imine (C=N–C) groups is 1. The van der Waals surface area contributed by atoms with Crippen molar-refractivity contribution in [3.8, 4) is 11.1 Å². The van der Waals surface area contributed by atoms with Crippen molar-refractivity contribution < 1.29 is 9.59 Å². The standard InChI is InChI=1S/C25H25N3O2S/c29-23(15-22-17-31-25-26-12-14-28(22)25)27-13-4-7-21(16-27)24(30)20-10-8-19(9-11-20)18-5-2-1-3-6-18/h1-3,5-6,8-11,17,21H,4,7,12-16H2/t21-/m0/s1. The van der Waals surface area contributed by atoms with Gasteiger partial charge in [-0.05, 0) is 29.4 Å². The number of carbonyl (C=O) groups excluding carboxylic acids is 2. The Labute approximate surface area is 186 Å². The van der Waals surface area contributed by atoms with Gasteiger partial charge in [0.2, 0.25) is 5.91 Å². The van der Waals surface area contributed by atoms with E-state index in [0.29, 0.717) is 13.0 Å². The fraction of sp³-hybridized carbons (Fsp3) is 0.320. The molecule has 0 aliphatic carbocycles. The number of likely N-dealkylation sites (tertiary alicyclic amines) is 1. The Hall–Kier alpha value is -2.86. The van der Waals surface area contributed by atoms with Crippen LogP contribution in [0.4, 0.5) is 0 Å². The van der Waals surface area contributed by atoms with Crippen LogP contribution >= 0.6 is 11.8 Å². The molecule has 3 aliphatic heterocycles. The summed E-state index contributed by atoms with van der Waals surface area (Å²) in [5, 5.41) is 3.05. The van der Waals surface area contributed by atoms with E-state index in [-0.39, 0.29) is 17.6 Å². The summed E-state index contributed by atoms with van der Waals surface area (Å²) in [5.74, 6) is 0.120. The largest absolute Gasteiger partial charge is 0.342 e. The maximum absolute atomic E-state index is 13.1. The zero-order valence-corrected chi connectivity index (χ0v) is 18.2. The highest BCUT2D eigenvalue weighted by Gasteiger charge is 2.32.